The van der Waals surface area contributed by atoms with Gasteiger partial charge in [0, 0.05) is 5.57 Å². The average molecular weight is 204 g/mol. The summed E-state index contributed by atoms with van der Waals surface area (Å²) < 4.78 is 0. The van der Waals surface area contributed by atoms with Gasteiger partial charge in [-0.1, -0.05) is 36.4 Å². The third-order valence-electron chi connectivity index (χ3n) is 2.33. The number of carbonyl (C=O) groups is 1. The Morgan fingerprint density at radius 1 is 1.47 bits per heavy atom. The first-order chi connectivity index (χ1) is 7.09. The Balaban J connectivity index is 2.38. The molecule has 0 heterocycles. The molecular formula is C13H16O2. The van der Waals surface area contributed by atoms with Crippen LogP contribution in [0.5, 0.6) is 0 Å². The van der Waals surface area contributed by atoms with Crippen molar-refractivity contribution in [2.24, 2.45) is 0 Å². The number of benzene rings is 1. The summed E-state index contributed by atoms with van der Waals surface area (Å²) >= 11 is 0. The van der Waals surface area contributed by atoms with Crippen LogP contribution in [0.15, 0.2) is 36.4 Å². The zero-order valence-corrected chi connectivity index (χ0v) is 8.99. The molecule has 1 rings (SSSR count). The molecule has 1 aromatic carbocycles. The minimum Gasteiger partial charge on any atom is -0.478 e. The van der Waals surface area contributed by atoms with Gasteiger partial charge in [0.15, 0.2) is 0 Å². The zero-order valence-electron chi connectivity index (χ0n) is 8.99. The van der Waals surface area contributed by atoms with E-state index in [4.69, 9.17) is 5.11 Å². The maximum absolute atomic E-state index is 10.5. The second-order valence-corrected chi connectivity index (χ2v) is 3.75. The summed E-state index contributed by atoms with van der Waals surface area (Å²) in [7, 11) is 0. The molecule has 1 N–H and O–H groups in total. The van der Waals surface area contributed by atoms with Gasteiger partial charge in [-0.2, -0.15) is 0 Å². The Bertz CT molecular complexity index is 367. The fraction of sp³-hybridized carbons (Fsp3) is 0.308. The van der Waals surface area contributed by atoms with Crippen molar-refractivity contribution in [2.45, 2.75) is 26.2 Å². The molecular weight excluding hydrogens is 188 g/mol. The number of hydrogen-bond acceptors (Lipinski definition) is 1. The monoisotopic (exact) mass is 204 g/mol. The first-order valence-corrected chi connectivity index (χ1v) is 5.06. The summed E-state index contributed by atoms with van der Waals surface area (Å²) in [6.45, 7) is 5.56. The first-order valence-electron chi connectivity index (χ1n) is 5.06. The lowest BCUT2D eigenvalue weighted by Gasteiger charge is -2.02. The molecule has 0 fully saturated rings. The van der Waals surface area contributed by atoms with E-state index in [1.54, 1.807) is 0 Å². The van der Waals surface area contributed by atoms with Crippen LogP contribution in [-0.4, -0.2) is 11.1 Å². The van der Waals surface area contributed by atoms with Crippen LogP contribution in [0.4, 0.5) is 0 Å². The van der Waals surface area contributed by atoms with Gasteiger partial charge in [-0.25, -0.2) is 4.79 Å². The maximum Gasteiger partial charge on any atom is 0.330 e. The molecule has 0 aliphatic heterocycles. The summed E-state index contributed by atoms with van der Waals surface area (Å²) in [5.41, 5.74) is 2.79. The van der Waals surface area contributed by atoms with Gasteiger partial charge < -0.3 is 5.11 Å². The summed E-state index contributed by atoms with van der Waals surface area (Å²) in [5, 5.41) is 8.62. The van der Waals surface area contributed by atoms with Crippen molar-refractivity contribution in [1.82, 2.24) is 0 Å². The molecule has 2 nitrogen and oxygen atoms in total. The lowest BCUT2D eigenvalue weighted by molar-refractivity contribution is -0.132. The Labute approximate surface area is 90.3 Å². The molecule has 15 heavy (non-hydrogen) atoms. The average Bonchev–Trinajstić information content (AvgIpc) is 2.17. The zero-order chi connectivity index (χ0) is 11.3. The van der Waals surface area contributed by atoms with E-state index in [-0.39, 0.29) is 0 Å². The predicted molar refractivity (Wildman–Crippen MR) is 60.9 cm³/mol. The lowest BCUT2D eigenvalue weighted by atomic mass is 10.0. The molecule has 0 bridgehead atoms. The number of carboxylic acid groups (broad SMARTS) is 1. The smallest absolute Gasteiger partial charge is 0.330 e. The highest BCUT2D eigenvalue weighted by atomic mass is 16.4. The Morgan fingerprint density at radius 3 is 2.80 bits per heavy atom. The Hall–Kier alpha value is -1.57. The van der Waals surface area contributed by atoms with Crippen molar-refractivity contribution >= 4 is 5.97 Å². The van der Waals surface area contributed by atoms with Crippen molar-refractivity contribution in [3.8, 4) is 0 Å². The van der Waals surface area contributed by atoms with E-state index in [1.807, 2.05) is 6.07 Å². The molecule has 80 valence electrons. The highest BCUT2D eigenvalue weighted by molar-refractivity contribution is 5.85. The second-order valence-electron chi connectivity index (χ2n) is 3.75. The van der Waals surface area contributed by atoms with E-state index in [0.717, 1.165) is 12.8 Å². The normalized spacial score (nSPS) is 9.93. The number of rotatable bonds is 5. The summed E-state index contributed by atoms with van der Waals surface area (Å²) in [6.07, 6.45) is 2.31. The molecule has 0 aliphatic rings. The molecule has 0 spiro atoms. The highest BCUT2D eigenvalue weighted by Gasteiger charge is 2.03. The van der Waals surface area contributed by atoms with Crippen LogP contribution >= 0.6 is 0 Å². The molecule has 0 saturated heterocycles. The molecule has 0 amide bonds. The van der Waals surface area contributed by atoms with Gasteiger partial charge >= 0.3 is 5.97 Å². The van der Waals surface area contributed by atoms with Gasteiger partial charge in [0.2, 0.25) is 0 Å². The van der Waals surface area contributed by atoms with Crippen LogP contribution in [0.3, 0.4) is 0 Å². The highest BCUT2D eigenvalue weighted by Crippen LogP contribution is 2.10. The van der Waals surface area contributed by atoms with Gasteiger partial charge in [-0.05, 0) is 31.7 Å². The van der Waals surface area contributed by atoms with Crippen molar-refractivity contribution in [3.05, 3.63) is 47.5 Å². The van der Waals surface area contributed by atoms with E-state index >= 15 is 0 Å². The predicted octanol–water partition coefficient (Wildman–Crippen LogP) is 2.96. The van der Waals surface area contributed by atoms with E-state index in [2.05, 4.69) is 31.7 Å². The van der Waals surface area contributed by atoms with Crippen LogP contribution < -0.4 is 0 Å². The van der Waals surface area contributed by atoms with E-state index in [0.29, 0.717) is 12.0 Å². The van der Waals surface area contributed by atoms with Gasteiger partial charge in [-0.15, -0.1) is 0 Å². The minimum atomic E-state index is -0.890. The molecule has 2 heteroatoms. The molecule has 0 saturated carbocycles. The number of carboxylic acids is 1. The van der Waals surface area contributed by atoms with Crippen molar-refractivity contribution in [2.75, 3.05) is 0 Å². The fourth-order valence-corrected chi connectivity index (χ4v) is 1.48. The minimum absolute atomic E-state index is 0.294. The molecule has 0 radical (unpaired) electrons. The van der Waals surface area contributed by atoms with E-state index in [9.17, 15) is 4.79 Å². The van der Waals surface area contributed by atoms with Gasteiger partial charge in [0.05, 0.1) is 0 Å². The molecule has 1 aromatic rings. The van der Waals surface area contributed by atoms with Crippen LogP contribution in [-0.2, 0) is 11.2 Å². The summed E-state index contributed by atoms with van der Waals surface area (Å²) in [5.74, 6) is -0.890. The third kappa shape index (κ3) is 3.98. The fourth-order valence-electron chi connectivity index (χ4n) is 1.48. The van der Waals surface area contributed by atoms with Gasteiger partial charge in [0.25, 0.3) is 0 Å². The number of aryl methyl sites for hydroxylation is 2. The van der Waals surface area contributed by atoms with Crippen LogP contribution in [0.25, 0.3) is 0 Å². The topological polar surface area (TPSA) is 37.3 Å². The second kappa shape index (κ2) is 5.35. The van der Waals surface area contributed by atoms with Crippen molar-refractivity contribution in [1.29, 1.82) is 0 Å². The standard InChI is InChI=1S/C13H16O2/c1-10-5-3-7-12(9-10)8-4-6-11(2)13(14)15/h3,5,7,9H,2,4,6,8H2,1H3,(H,14,15). The number of hydrogen-bond donors (Lipinski definition) is 1. The lowest BCUT2D eigenvalue weighted by Crippen LogP contribution is -1.99. The summed E-state index contributed by atoms with van der Waals surface area (Å²) in [6, 6.07) is 8.27. The molecule has 0 unspecified atom stereocenters. The van der Waals surface area contributed by atoms with Crippen LogP contribution in [0, 0.1) is 6.92 Å². The Morgan fingerprint density at radius 2 is 2.20 bits per heavy atom. The van der Waals surface area contributed by atoms with Gasteiger partial charge in [0.1, 0.15) is 0 Å². The summed E-state index contributed by atoms with van der Waals surface area (Å²) in [4.78, 5) is 10.5. The van der Waals surface area contributed by atoms with Gasteiger partial charge in [-0.3, -0.25) is 0 Å². The van der Waals surface area contributed by atoms with E-state index in [1.165, 1.54) is 11.1 Å². The Kier molecular flexibility index (Phi) is 4.10. The van der Waals surface area contributed by atoms with E-state index < -0.39 is 5.97 Å². The molecule has 0 atom stereocenters. The maximum atomic E-state index is 10.5. The SMILES string of the molecule is C=C(CCCc1cccc(C)c1)C(=O)O. The largest absolute Gasteiger partial charge is 0.478 e. The quantitative estimate of drug-likeness (QED) is 0.749. The van der Waals surface area contributed by atoms with Crippen molar-refractivity contribution in [3.63, 3.8) is 0 Å². The molecule has 0 aromatic heterocycles. The van der Waals surface area contributed by atoms with Crippen molar-refractivity contribution < 1.29 is 9.90 Å². The van der Waals surface area contributed by atoms with Crippen LogP contribution in [0.1, 0.15) is 24.0 Å². The molecule has 0 aliphatic carbocycles. The number of aliphatic carboxylic acids is 1. The third-order valence-corrected chi connectivity index (χ3v) is 2.33. The first kappa shape index (κ1) is 11.5. The van der Waals surface area contributed by atoms with Crippen LogP contribution in [0.2, 0.25) is 0 Å².